The van der Waals surface area contributed by atoms with Crippen molar-refractivity contribution >= 4 is 11.8 Å². The van der Waals surface area contributed by atoms with E-state index in [0.29, 0.717) is 38.4 Å². The number of nitrogen functional groups attached to an aromatic ring is 1. The Hall–Kier alpha value is -3.61. The second-order valence-electron chi connectivity index (χ2n) is 9.70. The number of hydrogen-bond acceptors (Lipinski definition) is 6. The molecule has 2 atom stereocenters. The number of alkyl halides is 3. The summed E-state index contributed by atoms with van der Waals surface area (Å²) in [7, 11) is 1.85. The lowest BCUT2D eigenvalue weighted by molar-refractivity contribution is -0.137. The molecule has 1 unspecified atom stereocenters. The van der Waals surface area contributed by atoms with Crippen molar-refractivity contribution in [3.63, 3.8) is 0 Å². The van der Waals surface area contributed by atoms with Crippen molar-refractivity contribution in [1.29, 1.82) is 0 Å². The summed E-state index contributed by atoms with van der Waals surface area (Å²) in [6, 6.07) is 2.21. The summed E-state index contributed by atoms with van der Waals surface area (Å²) in [5, 5.41) is 12.0. The topological polar surface area (TPSA) is 116 Å². The quantitative estimate of drug-likeness (QED) is 0.550. The number of amides is 2. The van der Waals surface area contributed by atoms with Gasteiger partial charge in [0.25, 0.3) is 0 Å². The predicted molar refractivity (Wildman–Crippen MR) is 128 cm³/mol. The first-order chi connectivity index (χ1) is 17.4. The lowest BCUT2D eigenvalue weighted by Crippen LogP contribution is -2.45. The summed E-state index contributed by atoms with van der Waals surface area (Å²) in [4.78, 5) is 18.6. The number of nitrogens with two attached hydrogens (primary N) is 1. The highest BCUT2D eigenvalue weighted by Gasteiger charge is 2.47. The first-order valence-corrected chi connectivity index (χ1v) is 12.0. The van der Waals surface area contributed by atoms with Gasteiger partial charge in [0, 0.05) is 31.8 Å². The van der Waals surface area contributed by atoms with Gasteiger partial charge in [-0.3, -0.25) is 9.36 Å². The molecule has 198 valence electrons. The molecular weight excluding hydrogens is 489 g/mol. The van der Waals surface area contributed by atoms with Gasteiger partial charge in [0.15, 0.2) is 0 Å². The number of carbonyl (C=O) groups is 1. The third-order valence-electron chi connectivity index (χ3n) is 7.29. The van der Waals surface area contributed by atoms with Crippen molar-refractivity contribution < 1.29 is 22.7 Å². The van der Waals surface area contributed by atoms with Crippen molar-refractivity contribution in [2.24, 2.45) is 7.05 Å². The Bertz CT molecular complexity index is 1360. The van der Waals surface area contributed by atoms with Crippen molar-refractivity contribution in [2.75, 3.05) is 25.4 Å². The maximum atomic E-state index is 13.4. The molecular formula is C24H29F3N8O2. The number of aromatic nitrogens is 5. The van der Waals surface area contributed by atoms with Crippen LogP contribution in [0.4, 0.5) is 23.8 Å². The first kappa shape index (κ1) is 25.1. The number of pyridine rings is 1. The second kappa shape index (κ2) is 8.75. The molecule has 3 aromatic heterocycles. The van der Waals surface area contributed by atoms with E-state index in [1.54, 1.807) is 20.3 Å². The molecule has 5 heterocycles. The lowest BCUT2D eigenvalue weighted by atomic mass is 9.96. The molecule has 0 aromatic carbocycles. The number of anilines is 1. The molecule has 2 aliphatic heterocycles. The van der Waals surface area contributed by atoms with E-state index in [1.807, 2.05) is 27.8 Å². The zero-order valence-corrected chi connectivity index (χ0v) is 21.1. The van der Waals surface area contributed by atoms with Crippen LogP contribution in [-0.4, -0.2) is 55.2 Å². The molecule has 37 heavy (non-hydrogen) atoms. The van der Waals surface area contributed by atoms with Crippen LogP contribution in [0, 0.1) is 13.8 Å². The fourth-order valence-electron chi connectivity index (χ4n) is 5.35. The van der Waals surface area contributed by atoms with E-state index < -0.39 is 23.2 Å². The van der Waals surface area contributed by atoms with Crippen LogP contribution >= 0.6 is 0 Å². The predicted octanol–water partition coefficient (Wildman–Crippen LogP) is 3.30. The van der Waals surface area contributed by atoms with Crippen molar-refractivity contribution in [3.05, 3.63) is 46.5 Å². The van der Waals surface area contributed by atoms with Crippen LogP contribution in [0.5, 0.6) is 0 Å². The van der Waals surface area contributed by atoms with Gasteiger partial charge in [-0.25, -0.2) is 9.78 Å². The summed E-state index contributed by atoms with van der Waals surface area (Å²) in [6.07, 6.45) is -2.80. The lowest BCUT2D eigenvalue weighted by Gasteiger charge is -2.34. The molecule has 1 saturated heterocycles. The SMILES string of the molecule is Cc1nn(C)c(C(C)NC(=O)N2CC[C@]3(C2)OCCn2nc(-c4cnc(N)c(C(F)(F)F)c4)cc23)c1C. The number of nitrogens with one attached hydrogen (secondary N) is 1. The van der Waals surface area contributed by atoms with Crippen LogP contribution in [0.2, 0.25) is 0 Å². The molecule has 1 fully saturated rings. The molecule has 3 N–H and O–H groups in total. The normalized spacial score (nSPS) is 20.4. The zero-order chi connectivity index (χ0) is 26.7. The van der Waals surface area contributed by atoms with Crippen molar-refractivity contribution in [3.8, 4) is 11.3 Å². The minimum absolute atomic E-state index is 0.210. The molecule has 2 amide bonds. The molecule has 0 bridgehead atoms. The Balaban J connectivity index is 1.37. The van der Waals surface area contributed by atoms with Gasteiger partial charge >= 0.3 is 12.2 Å². The highest BCUT2D eigenvalue weighted by Crippen LogP contribution is 2.41. The summed E-state index contributed by atoms with van der Waals surface area (Å²) in [5.74, 6) is -0.580. The number of urea groups is 1. The standard InChI is InChI=1S/C24H29F3N8O2/c1-13-14(2)31-33(4)20(13)15(3)30-22(36)34-6-5-23(12-34)19-10-18(32-35(19)7-8-37-23)16-9-17(24(25,26)27)21(28)29-11-16/h9-11,15H,5-8,12H2,1-4H3,(H2,28,29)(H,30,36)/t15?,23-/m1/s1. The van der Waals surface area contributed by atoms with E-state index in [2.05, 4.69) is 20.5 Å². The van der Waals surface area contributed by atoms with E-state index in [4.69, 9.17) is 10.5 Å². The van der Waals surface area contributed by atoms with Gasteiger partial charge in [-0.05, 0) is 38.5 Å². The molecule has 10 nitrogen and oxygen atoms in total. The molecule has 0 radical (unpaired) electrons. The van der Waals surface area contributed by atoms with E-state index in [-0.39, 0.29) is 17.6 Å². The van der Waals surface area contributed by atoms with Crippen molar-refractivity contribution in [1.82, 2.24) is 34.8 Å². The Kier molecular flexibility index (Phi) is 5.93. The summed E-state index contributed by atoms with van der Waals surface area (Å²) in [5.41, 5.74) is 7.82. The number of likely N-dealkylation sites (tertiary alicyclic amines) is 1. The maximum absolute atomic E-state index is 13.4. The number of fused-ring (bicyclic) bond motifs is 2. The van der Waals surface area contributed by atoms with Crippen LogP contribution in [-0.2, 0) is 30.1 Å². The number of nitrogens with zero attached hydrogens (tertiary/aromatic N) is 6. The smallest absolute Gasteiger partial charge is 0.383 e. The summed E-state index contributed by atoms with van der Waals surface area (Å²) in [6.45, 7) is 7.42. The van der Waals surface area contributed by atoms with Crippen LogP contribution < -0.4 is 11.1 Å². The Morgan fingerprint density at radius 1 is 1.24 bits per heavy atom. The fraction of sp³-hybridized carbons (Fsp3) is 0.500. The van der Waals surface area contributed by atoms with Gasteiger partial charge in [0.2, 0.25) is 0 Å². The third kappa shape index (κ3) is 4.30. The minimum Gasteiger partial charge on any atom is -0.383 e. The van der Waals surface area contributed by atoms with Crippen LogP contribution in [0.25, 0.3) is 11.3 Å². The third-order valence-corrected chi connectivity index (χ3v) is 7.29. The van der Waals surface area contributed by atoms with E-state index in [1.165, 1.54) is 6.20 Å². The minimum atomic E-state index is -4.63. The van der Waals surface area contributed by atoms with Crippen LogP contribution in [0.1, 0.15) is 47.6 Å². The first-order valence-electron chi connectivity index (χ1n) is 12.0. The van der Waals surface area contributed by atoms with Crippen LogP contribution in [0.3, 0.4) is 0 Å². The van der Waals surface area contributed by atoms with Gasteiger partial charge in [-0.1, -0.05) is 0 Å². The van der Waals surface area contributed by atoms with Gasteiger partial charge < -0.3 is 20.7 Å². The molecule has 2 aliphatic rings. The van der Waals surface area contributed by atoms with Gasteiger partial charge in [-0.2, -0.15) is 23.4 Å². The van der Waals surface area contributed by atoms with Crippen molar-refractivity contribution in [2.45, 2.75) is 51.6 Å². The molecule has 5 rings (SSSR count). The number of ether oxygens (including phenoxy) is 1. The molecule has 0 saturated carbocycles. The number of rotatable bonds is 3. The average Bonchev–Trinajstić information content (AvgIpc) is 3.51. The summed E-state index contributed by atoms with van der Waals surface area (Å²) < 4.78 is 49.8. The number of aryl methyl sites for hydroxylation is 2. The fourth-order valence-corrected chi connectivity index (χ4v) is 5.35. The zero-order valence-electron chi connectivity index (χ0n) is 21.1. The largest absolute Gasteiger partial charge is 0.419 e. The summed E-state index contributed by atoms with van der Waals surface area (Å²) >= 11 is 0. The van der Waals surface area contributed by atoms with Gasteiger partial charge in [0.1, 0.15) is 11.4 Å². The van der Waals surface area contributed by atoms with E-state index >= 15 is 0 Å². The Morgan fingerprint density at radius 2 is 2.00 bits per heavy atom. The van der Waals surface area contributed by atoms with Crippen LogP contribution in [0.15, 0.2) is 18.3 Å². The van der Waals surface area contributed by atoms with E-state index in [0.717, 1.165) is 28.7 Å². The maximum Gasteiger partial charge on any atom is 0.419 e. The number of halogens is 3. The highest BCUT2D eigenvalue weighted by molar-refractivity contribution is 5.75. The average molecular weight is 519 g/mol. The van der Waals surface area contributed by atoms with Gasteiger partial charge in [-0.15, -0.1) is 0 Å². The number of hydrogen-bond donors (Lipinski definition) is 2. The molecule has 0 aliphatic carbocycles. The molecule has 13 heteroatoms. The monoisotopic (exact) mass is 518 g/mol. The second-order valence-corrected chi connectivity index (χ2v) is 9.70. The molecule has 1 spiro atoms. The number of carbonyl (C=O) groups excluding carboxylic acids is 1. The molecule has 3 aromatic rings. The van der Waals surface area contributed by atoms with E-state index in [9.17, 15) is 18.0 Å². The Morgan fingerprint density at radius 3 is 2.68 bits per heavy atom. The highest BCUT2D eigenvalue weighted by atomic mass is 19.4. The van der Waals surface area contributed by atoms with Gasteiger partial charge in [0.05, 0.1) is 54.1 Å². The Labute approximate surface area is 211 Å².